The number of ether oxygens (including phenoxy) is 1. The summed E-state index contributed by atoms with van der Waals surface area (Å²) in [4.78, 5) is 18.0. The minimum atomic E-state index is -0.478. The molecule has 0 saturated carbocycles. The monoisotopic (exact) mass is 202 g/mol. The Bertz CT molecular complexity index is 463. The predicted octanol–water partition coefficient (Wildman–Crippen LogP) is 1.94. The lowest BCUT2D eigenvalue weighted by molar-refractivity contribution is 0.0722. The number of aromatic nitrogens is 2. The van der Waals surface area contributed by atoms with Gasteiger partial charge in [0.2, 0.25) is 5.82 Å². The van der Waals surface area contributed by atoms with Crippen LogP contribution in [-0.4, -0.2) is 15.9 Å². The summed E-state index contributed by atoms with van der Waals surface area (Å²) < 4.78 is 5.16. The second-order valence-corrected chi connectivity index (χ2v) is 3.09. The van der Waals surface area contributed by atoms with E-state index in [9.17, 15) is 4.79 Å². The number of hydrogen-bond acceptors (Lipinski definition) is 3. The van der Waals surface area contributed by atoms with E-state index in [1.54, 1.807) is 12.3 Å². The Balaban J connectivity index is 2.17. The molecule has 0 aliphatic rings. The second kappa shape index (κ2) is 3.96. The summed E-state index contributed by atoms with van der Waals surface area (Å²) in [7, 11) is 0. The molecule has 2 rings (SSSR count). The van der Waals surface area contributed by atoms with Gasteiger partial charge in [0.1, 0.15) is 5.75 Å². The number of carbonyl (C=O) groups is 1. The number of aryl methyl sites for hydroxylation is 1. The second-order valence-electron chi connectivity index (χ2n) is 3.09. The zero-order valence-electron chi connectivity index (χ0n) is 8.23. The van der Waals surface area contributed by atoms with E-state index >= 15 is 0 Å². The average molecular weight is 202 g/mol. The van der Waals surface area contributed by atoms with Crippen molar-refractivity contribution in [3.05, 3.63) is 48.0 Å². The Morgan fingerprint density at radius 2 is 2.20 bits per heavy atom. The number of nitrogens with one attached hydrogen (secondary N) is 1. The Kier molecular flexibility index (Phi) is 2.49. The van der Waals surface area contributed by atoms with Crippen LogP contribution in [-0.2, 0) is 0 Å². The summed E-state index contributed by atoms with van der Waals surface area (Å²) in [6, 6.07) is 7.33. The van der Waals surface area contributed by atoms with Gasteiger partial charge in [-0.25, -0.2) is 9.78 Å². The zero-order valence-corrected chi connectivity index (χ0v) is 8.23. The number of aromatic amines is 1. The first-order valence-electron chi connectivity index (χ1n) is 4.54. The Hall–Kier alpha value is -2.10. The molecule has 0 spiro atoms. The van der Waals surface area contributed by atoms with Gasteiger partial charge in [0.25, 0.3) is 0 Å². The van der Waals surface area contributed by atoms with E-state index in [0.717, 1.165) is 5.56 Å². The van der Waals surface area contributed by atoms with Gasteiger partial charge >= 0.3 is 5.97 Å². The molecule has 0 aliphatic carbocycles. The number of H-pyrrole nitrogens is 1. The molecule has 0 radical (unpaired) electrons. The lowest BCUT2D eigenvalue weighted by Crippen LogP contribution is -2.10. The molecule has 4 nitrogen and oxygen atoms in total. The van der Waals surface area contributed by atoms with Gasteiger partial charge in [-0.2, -0.15) is 0 Å². The number of para-hydroxylation sites is 1. The molecule has 1 aromatic heterocycles. The van der Waals surface area contributed by atoms with Crippen molar-refractivity contribution in [1.29, 1.82) is 0 Å². The third-order valence-corrected chi connectivity index (χ3v) is 1.99. The Labute approximate surface area is 86.9 Å². The van der Waals surface area contributed by atoms with Gasteiger partial charge in [0, 0.05) is 12.4 Å². The van der Waals surface area contributed by atoms with E-state index in [1.807, 2.05) is 25.1 Å². The van der Waals surface area contributed by atoms with Crippen molar-refractivity contribution in [1.82, 2.24) is 9.97 Å². The van der Waals surface area contributed by atoms with Crippen molar-refractivity contribution >= 4 is 5.97 Å². The summed E-state index contributed by atoms with van der Waals surface area (Å²) in [5.41, 5.74) is 0.914. The van der Waals surface area contributed by atoms with E-state index in [-0.39, 0.29) is 5.82 Å². The molecule has 0 unspecified atom stereocenters. The first-order chi connectivity index (χ1) is 7.27. The van der Waals surface area contributed by atoms with Crippen LogP contribution in [0.25, 0.3) is 0 Å². The van der Waals surface area contributed by atoms with Gasteiger partial charge in [0.15, 0.2) is 0 Å². The largest absolute Gasteiger partial charge is 0.420 e. The maximum absolute atomic E-state index is 11.5. The molecule has 76 valence electrons. The molecule has 0 atom stereocenters. The van der Waals surface area contributed by atoms with Crippen LogP contribution in [0.1, 0.15) is 16.2 Å². The summed E-state index contributed by atoms with van der Waals surface area (Å²) in [5, 5.41) is 0. The maximum Gasteiger partial charge on any atom is 0.379 e. The fraction of sp³-hybridized carbons (Fsp3) is 0.0909. The molecule has 0 aliphatic heterocycles. The van der Waals surface area contributed by atoms with Crippen molar-refractivity contribution in [3.63, 3.8) is 0 Å². The topological polar surface area (TPSA) is 55.0 Å². The van der Waals surface area contributed by atoms with Crippen LogP contribution in [0.5, 0.6) is 5.75 Å². The SMILES string of the molecule is Cc1ccccc1OC(=O)c1ncc[nH]1. The quantitative estimate of drug-likeness (QED) is 0.598. The molecule has 15 heavy (non-hydrogen) atoms. The number of rotatable bonds is 2. The summed E-state index contributed by atoms with van der Waals surface area (Å²) in [5.74, 6) is 0.284. The molecule has 0 bridgehead atoms. The highest BCUT2D eigenvalue weighted by atomic mass is 16.5. The average Bonchev–Trinajstić information content (AvgIpc) is 2.74. The third-order valence-electron chi connectivity index (χ3n) is 1.99. The number of esters is 1. The fourth-order valence-corrected chi connectivity index (χ4v) is 1.20. The normalized spacial score (nSPS) is 9.93. The van der Waals surface area contributed by atoms with Crippen LogP contribution in [0.3, 0.4) is 0 Å². The number of imidazole rings is 1. The Morgan fingerprint density at radius 1 is 1.40 bits per heavy atom. The number of benzene rings is 1. The smallest absolute Gasteiger partial charge is 0.379 e. The molecular weight excluding hydrogens is 192 g/mol. The molecule has 4 heteroatoms. The minimum absolute atomic E-state index is 0.207. The molecule has 1 N–H and O–H groups in total. The lowest BCUT2D eigenvalue weighted by Gasteiger charge is -2.04. The van der Waals surface area contributed by atoms with Crippen molar-refractivity contribution in [2.24, 2.45) is 0 Å². The van der Waals surface area contributed by atoms with Crippen LogP contribution in [0, 0.1) is 6.92 Å². The van der Waals surface area contributed by atoms with Gasteiger partial charge in [-0.15, -0.1) is 0 Å². The van der Waals surface area contributed by atoms with Crippen LogP contribution in [0.2, 0.25) is 0 Å². The number of carbonyl (C=O) groups excluding carboxylic acids is 1. The van der Waals surface area contributed by atoms with Crippen molar-refractivity contribution < 1.29 is 9.53 Å². The van der Waals surface area contributed by atoms with Gasteiger partial charge in [-0.05, 0) is 18.6 Å². The van der Waals surface area contributed by atoms with E-state index in [0.29, 0.717) is 5.75 Å². The number of nitrogens with zero attached hydrogens (tertiary/aromatic N) is 1. The van der Waals surface area contributed by atoms with E-state index < -0.39 is 5.97 Å². The highest BCUT2D eigenvalue weighted by molar-refractivity contribution is 5.87. The molecule has 0 fully saturated rings. The maximum atomic E-state index is 11.5. The molecule has 1 aromatic carbocycles. The van der Waals surface area contributed by atoms with E-state index in [2.05, 4.69) is 9.97 Å². The van der Waals surface area contributed by atoms with Crippen LogP contribution in [0.15, 0.2) is 36.7 Å². The summed E-state index contributed by atoms with van der Waals surface area (Å²) in [6.07, 6.45) is 3.09. The zero-order chi connectivity index (χ0) is 10.7. The van der Waals surface area contributed by atoms with E-state index in [4.69, 9.17) is 4.74 Å². The minimum Gasteiger partial charge on any atom is -0.420 e. The summed E-state index contributed by atoms with van der Waals surface area (Å²) in [6.45, 7) is 1.88. The molecule has 2 aromatic rings. The molecule has 1 heterocycles. The van der Waals surface area contributed by atoms with Gasteiger partial charge in [0.05, 0.1) is 0 Å². The lowest BCUT2D eigenvalue weighted by atomic mass is 10.2. The standard InChI is InChI=1S/C11H10N2O2/c1-8-4-2-3-5-9(8)15-11(14)10-12-6-7-13-10/h2-7H,1H3,(H,12,13). The van der Waals surface area contributed by atoms with Crippen molar-refractivity contribution in [2.75, 3.05) is 0 Å². The van der Waals surface area contributed by atoms with Crippen molar-refractivity contribution in [3.8, 4) is 5.75 Å². The highest BCUT2D eigenvalue weighted by Crippen LogP contribution is 2.16. The summed E-state index contributed by atoms with van der Waals surface area (Å²) >= 11 is 0. The van der Waals surface area contributed by atoms with Gasteiger partial charge < -0.3 is 9.72 Å². The Morgan fingerprint density at radius 3 is 2.87 bits per heavy atom. The third kappa shape index (κ3) is 2.04. The van der Waals surface area contributed by atoms with Crippen molar-refractivity contribution in [2.45, 2.75) is 6.92 Å². The van der Waals surface area contributed by atoms with Gasteiger partial charge in [-0.1, -0.05) is 18.2 Å². The van der Waals surface area contributed by atoms with E-state index in [1.165, 1.54) is 6.20 Å². The first-order valence-corrected chi connectivity index (χ1v) is 4.54. The van der Waals surface area contributed by atoms with Crippen LogP contribution >= 0.6 is 0 Å². The van der Waals surface area contributed by atoms with Crippen LogP contribution < -0.4 is 4.74 Å². The number of hydrogen-bond donors (Lipinski definition) is 1. The fourth-order valence-electron chi connectivity index (χ4n) is 1.20. The highest BCUT2D eigenvalue weighted by Gasteiger charge is 2.11. The van der Waals surface area contributed by atoms with Crippen LogP contribution in [0.4, 0.5) is 0 Å². The molecular formula is C11H10N2O2. The molecule has 0 amide bonds. The predicted molar refractivity (Wildman–Crippen MR) is 54.7 cm³/mol. The van der Waals surface area contributed by atoms with Gasteiger partial charge in [-0.3, -0.25) is 0 Å². The molecule has 0 saturated heterocycles. The first kappa shape index (κ1) is 9.45.